The van der Waals surface area contributed by atoms with Crippen LogP contribution in [0.3, 0.4) is 0 Å². The van der Waals surface area contributed by atoms with Crippen molar-refractivity contribution in [3.8, 4) is 29.3 Å². The second kappa shape index (κ2) is 31.5. The van der Waals surface area contributed by atoms with E-state index in [1.165, 1.54) is 126 Å². The van der Waals surface area contributed by atoms with Gasteiger partial charge in [0.25, 0.3) is 30.6 Å². The van der Waals surface area contributed by atoms with Gasteiger partial charge in [-0.2, -0.15) is 52.3 Å². The van der Waals surface area contributed by atoms with Crippen molar-refractivity contribution in [3.05, 3.63) is 173 Å². The van der Waals surface area contributed by atoms with Gasteiger partial charge in [-0.1, -0.05) is 57.1 Å². The van der Waals surface area contributed by atoms with Crippen molar-refractivity contribution in [2.75, 3.05) is 37.1 Å². The average Bonchev–Trinajstić information content (AvgIpc) is 1.75. The summed E-state index contributed by atoms with van der Waals surface area (Å²) in [5, 5.41) is 7.46. The largest absolute Gasteiger partial charge is 0.325 e. The summed E-state index contributed by atoms with van der Waals surface area (Å²) in [4.78, 5) is 59.0. The number of aromatic nitrogens is 3. The molecule has 12 rings (SSSR count). The van der Waals surface area contributed by atoms with Crippen LogP contribution in [-0.4, -0.2) is 110 Å². The van der Waals surface area contributed by atoms with Crippen LogP contribution in [0, 0.1) is 17.5 Å². The lowest BCUT2D eigenvalue weighted by atomic mass is 10.1. The highest BCUT2D eigenvalue weighted by molar-refractivity contribution is 7.87. The average molecular weight is 1510 g/mol. The molecule has 0 radical (unpaired) electrons. The van der Waals surface area contributed by atoms with E-state index in [0.29, 0.717) is 0 Å². The zero-order valence-electron chi connectivity index (χ0n) is 46.5. The molecule has 0 bridgehead atoms. The van der Waals surface area contributed by atoms with Crippen molar-refractivity contribution in [1.29, 1.82) is 0 Å². The first kappa shape index (κ1) is 74.7. The summed E-state index contributed by atoms with van der Waals surface area (Å²) < 4.78 is 127. The van der Waals surface area contributed by atoms with Gasteiger partial charge in [0.1, 0.15) is 35.6 Å². The monoisotopic (exact) mass is 1510 g/mol. The Kier molecular flexibility index (Phi) is 25.3. The molecule has 0 spiro atoms. The molecule has 9 heterocycles. The van der Waals surface area contributed by atoms with Crippen molar-refractivity contribution in [2.24, 2.45) is 0 Å². The van der Waals surface area contributed by atoms with Crippen LogP contribution in [0.1, 0.15) is 74.3 Å². The van der Waals surface area contributed by atoms with Crippen LogP contribution in [0.15, 0.2) is 126 Å². The molecule has 6 aromatic heterocycles. The summed E-state index contributed by atoms with van der Waals surface area (Å²) in [7, 11) is -7.58. The summed E-state index contributed by atoms with van der Waals surface area (Å²) in [6.45, 7) is 0. The number of rotatable bonds is 12. The van der Waals surface area contributed by atoms with E-state index in [-0.39, 0.29) is 73.7 Å². The predicted molar refractivity (Wildman–Crippen MR) is 369 cm³/mol. The number of nitrogens with one attached hydrogen (secondary N) is 6. The standard InChI is InChI=1S/3C18H16ClFN4O3S3.3CH4/c3*1-24-14(18(25)22-10-2-3-12(20)11(19)6-10)7-13(23-30(24,26)27)15-4-5-16(29-15)17-8-21-9-28-17;;;/h3*2-6,8-9,13-14,23H,7H2,1H3,(H,22,25);3*1H4/t2*13-,14+;;;;/m10..../s1. The fraction of sp³-hybridized carbons (Fsp3) is 0.263. The Bertz CT molecular complexity index is 3990. The van der Waals surface area contributed by atoms with Crippen LogP contribution in [0.5, 0.6) is 0 Å². The first-order valence-electron chi connectivity index (χ1n) is 26.2. The van der Waals surface area contributed by atoms with Gasteiger partial charge in [-0.3, -0.25) is 29.3 Å². The summed E-state index contributed by atoms with van der Waals surface area (Å²) >= 11 is 26.1. The molecule has 498 valence electrons. The molecule has 0 aliphatic carbocycles. The van der Waals surface area contributed by atoms with Crippen LogP contribution in [0.25, 0.3) is 29.3 Å². The Labute approximate surface area is 575 Å². The van der Waals surface area contributed by atoms with Crippen LogP contribution >= 0.6 is 103 Å². The summed E-state index contributed by atoms with van der Waals surface area (Å²) in [6.07, 6.45) is 5.97. The van der Waals surface area contributed by atoms with Gasteiger partial charge in [-0.05, 0) is 110 Å². The molecule has 21 nitrogen and oxygen atoms in total. The number of hydrogen-bond acceptors (Lipinski definition) is 18. The number of thiazole rings is 3. The number of halogens is 6. The Morgan fingerprint density at radius 2 is 0.699 bits per heavy atom. The van der Waals surface area contributed by atoms with E-state index < -0.39 is 102 Å². The SMILES string of the molecule is C.C.C.CN1C(C(=O)Nc2ccc(F)c(Cl)c2)CC(c2ccc(-c3cncs3)s2)NS1(=O)=O.CN1[C@@H](C(=O)Nc2ccc(F)c(Cl)c2)C[C@@H](c2ccc(-c3cncs3)s2)NS1(=O)=O.CN1[C@H](C(=O)Nc2ccc(F)c(Cl)c2)C[C@H](c2ccc(-c3cncs3)s2)NS1(=O)=O. The van der Waals surface area contributed by atoms with E-state index in [1.807, 2.05) is 36.4 Å². The third-order valence-corrected chi connectivity index (χ3v) is 26.3. The van der Waals surface area contributed by atoms with Crippen LogP contribution in [-0.2, 0) is 45.0 Å². The highest BCUT2D eigenvalue weighted by Gasteiger charge is 2.44. The zero-order valence-corrected chi connectivity index (χ0v) is 56.1. The Hall–Kier alpha value is -5.67. The van der Waals surface area contributed by atoms with Crippen LogP contribution in [0.4, 0.5) is 30.2 Å². The highest BCUT2D eigenvalue weighted by atomic mass is 35.5. The second-order valence-electron chi connectivity index (χ2n) is 19.9. The van der Waals surface area contributed by atoms with Gasteiger partial charge < -0.3 is 16.0 Å². The maximum atomic E-state index is 13.4. The van der Waals surface area contributed by atoms with E-state index in [0.717, 1.165) is 75.0 Å². The van der Waals surface area contributed by atoms with Crippen LogP contribution in [0.2, 0.25) is 15.1 Å². The Morgan fingerprint density at radius 1 is 0.441 bits per heavy atom. The molecule has 3 amide bonds. The molecule has 3 aliphatic rings. The van der Waals surface area contributed by atoms with Gasteiger partial charge in [-0.25, -0.2) is 13.2 Å². The molecule has 9 aromatic rings. The number of hydrogen-bond donors (Lipinski definition) is 6. The summed E-state index contributed by atoms with van der Waals surface area (Å²) in [5.41, 5.74) is 6.06. The highest BCUT2D eigenvalue weighted by Crippen LogP contribution is 2.41. The minimum Gasteiger partial charge on any atom is -0.325 e. The van der Waals surface area contributed by atoms with E-state index in [4.69, 9.17) is 34.8 Å². The molecule has 3 aromatic carbocycles. The fourth-order valence-electron chi connectivity index (χ4n) is 9.32. The maximum absolute atomic E-state index is 13.4. The van der Waals surface area contributed by atoms with Gasteiger partial charge in [0.05, 0.1) is 64.4 Å². The van der Waals surface area contributed by atoms with Gasteiger partial charge in [-0.15, -0.1) is 68.0 Å². The molecule has 6 atom stereocenters. The molecule has 36 heteroatoms. The first-order chi connectivity index (χ1) is 42.7. The third kappa shape index (κ3) is 17.7. The van der Waals surface area contributed by atoms with E-state index in [1.54, 1.807) is 35.1 Å². The van der Waals surface area contributed by atoms with Crippen molar-refractivity contribution < 1.29 is 52.8 Å². The third-order valence-electron chi connectivity index (χ3n) is 14.1. The van der Waals surface area contributed by atoms with Crippen molar-refractivity contribution in [3.63, 3.8) is 0 Å². The van der Waals surface area contributed by atoms with Crippen molar-refractivity contribution >= 4 is 168 Å². The first-order valence-corrected chi connectivity index (χ1v) is 36.8. The number of carbonyl (C=O) groups is 3. The lowest BCUT2D eigenvalue weighted by molar-refractivity contribution is -0.120. The number of carbonyl (C=O) groups excluding carboxylic acids is 3. The number of anilines is 3. The maximum Gasteiger partial charge on any atom is 0.280 e. The van der Waals surface area contributed by atoms with Gasteiger partial charge >= 0.3 is 0 Å². The number of benzene rings is 3. The van der Waals surface area contributed by atoms with E-state index >= 15 is 0 Å². The topological polar surface area (TPSA) is 274 Å². The minimum atomic E-state index is -3.87. The molecular formula is C57H60Cl3F3N12O9S9. The lowest BCUT2D eigenvalue weighted by Crippen LogP contribution is -2.55. The number of likely N-dealkylation sites (N-methyl/N-ethyl adjacent to an activating group) is 3. The number of thiophene rings is 3. The van der Waals surface area contributed by atoms with Gasteiger partial charge in [0, 0.05) is 86.1 Å². The summed E-state index contributed by atoms with van der Waals surface area (Å²) in [6, 6.07) is 18.2. The van der Waals surface area contributed by atoms with E-state index in [2.05, 4.69) is 45.1 Å². The number of nitrogens with zero attached hydrogens (tertiary/aromatic N) is 6. The van der Waals surface area contributed by atoms with Crippen LogP contribution < -0.4 is 30.1 Å². The zero-order chi connectivity index (χ0) is 64.4. The van der Waals surface area contributed by atoms with Gasteiger partial charge in [0.2, 0.25) is 17.7 Å². The smallest absolute Gasteiger partial charge is 0.280 e. The minimum absolute atomic E-state index is 0. The molecule has 6 N–H and O–H groups in total. The second-order valence-corrected chi connectivity index (χ2v) is 32.4. The molecule has 3 saturated heterocycles. The molecule has 3 fully saturated rings. The molecule has 3 aliphatic heterocycles. The summed E-state index contributed by atoms with van der Waals surface area (Å²) in [5.74, 6) is -3.37. The van der Waals surface area contributed by atoms with E-state index in [9.17, 15) is 52.8 Å². The Morgan fingerprint density at radius 3 is 0.925 bits per heavy atom. The molecule has 2 unspecified atom stereocenters. The molecule has 0 saturated carbocycles. The molecule has 93 heavy (non-hydrogen) atoms. The molecular weight excluding hydrogens is 1450 g/mol. The quantitative estimate of drug-likeness (QED) is 0.0666. The van der Waals surface area contributed by atoms with Crippen molar-refractivity contribution in [2.45, 2.75) is 77.8 Å². The lowest BCUT2D eigenvalue weighted by Gasteiger charge is -2.35. The van der Waals surface area contributed by atoms with Gasteiger partial charge in [0.15, 0.2) is 0 Å². The normalized spacial score (nSPS) is 20.7. The fourth-order valence-corrected chi connectivity index (χ4v) is 19.2. The Balaban J connectivity index is 0.000000194. The number of amides is 3. The predicted octanol–water partition coefficient (Wildman–Crippen LogP) is 13.6. The van der Waals surface area contributed by atoms with Crippen molar-refractivity contribution in [1.82, 2.24) is 42.0 Å².